The molecule has 0 saturated carbocycles. The maximum Gasteiger partial charge on any atom is 0.360 e. The first-order valence-corrected chi connectivity index (χ1v) is 7.69. The minimum absolute atomic E-state index is 0.0382. The summed E-state index contributed by atoms with van der Waals surface area (Å²) >= 11 is 0. The lowest BCUT2D eigenvalue weighted by Gasteiger charge is -2.05. The molecule has 0 bridgehead atoms. The topological polar surface area (TPSA) is 74.3 Å². The third-order valence-electron chi connectivity index (χ3n) is 3.52. The predicted molar refractivity (Wildman–Crippen MR) is 87.5 cm³/mol. The van der Waals surface area contributed by atoms with Crippen molar-refractivity contribution in [2.45, 2.75) is 13.0 Å². The van der Waals surface area contributed by atoms with E-state index < -0.39 is 5.97 Å². The number of aromatic nitrogens is 2. The summed E-state index contributed by atoms with van der Waals surface area (Å²) in [5.41, 5.74) is 0.543. The van der Waals surface area contributed by atoms with Gasteiger partial charge >= 0.3 is 5.97 Å². The van der Waals surface area contributed by atoms with Crippen LogP contribution in [0, 0.1) is 5.82 Å². The van der Waals surface area contributed by atoms with Crippen molar-refractivity contribution < 1.29 is 18.4 Å². The van der Waals surface area contributed by atoms with Crippen molar-refractivity contribution in [3.63, 3.8) is 0 Å². The van der Waals surface area contributed by atoms with Crippen LogP contribution in [-0.4, -0.2) is 22.3 Å². The Bertz CT molecular complexity index is 915. The number of hydrogen-bond donors (Lipinski definition) is 0. The second-order valence-corrected chi connectivity index (χ2v) is 5.31. The van der Waals surface area contributed by atoms with Crippen LogP contribution in [0.4, 0.5) is 4.39 Å². The second kappa shape index (κ2) is 7.57. The molecule has 3 aromatic rings. The SMILES string of the molecule is O=C(OCCCn1ccccc1=O)c1cc(-c2ccc(F)cc2)on1. The molecule has 0 aliphatic carbocycles. The van der Waals surface area contributed by atoms with Gasteiger partial charge in [0.15, 0.2) is 11.5 Å². The van der Waals surface area contributed by atoms with E-state index >= 15 is 0 Å². The summed E-state index contributed by atoms with van der Waals surface area (Å²) in [6.45, 7) is 0.603. The van der Waals surface area contributed by atoms with E-state index in [0.717, 1.165) is 0 Å². The minimum atomic E-state index is -0.613. The van der Waals surface area contributed by atoms with Crippen molar-refractivity contribution in [2.24, 2.45) is 0 Å². The molecule has 0 fully saturated rings. The van der Waals surface area contributed by atoms with Crippen LogP contribution in [-0.2, 0) is 11.3 Å². The Morgan fingerprint density at radius 3 is 2.76 bits per heavy atom. The van der Waals surface area contributed by atoms with Gasteiger partial charge in [-0.2, -0.15) is 0 Å². The molecule has 0 N–H and O–H groups in total. The average molecular weight is 342 g/mol. The summed E-state index contributed by atoms with van der Waals surface area (Å²) < 4.78 is 24.7. The van der Waals surface area contributed by atoms with Crippen LogP contribution in [0.25, 0.3) is 11.3 Å². The molecule has 0 radical (unpaired) electrons. The molecular formula is C18H15FN2O4. The highest BCUT2D eigenvalue weighted by atomic mass is 19.1. The Morgan fingerprint density at radius 2 is 2.00 bits per heavy atom. The van der Waals surface area contributed by atoms with Crippen molar-refractivity contribution in [1.29, 1.82) is 0 Å². The Balaban J connectivity index is 1.53. The molecule has 2 heterocycles. The highest BCUT2D eigenvalue weighted by Gasteiger charge is 2.15. The van der Waals surface area contributed by atoms with Gasteiger partial charge in [0.05, 0.1) is 6.61 Å². The van der Waals surface area contributed by atoms with Gasteiger partial charge in [0.1, 0.15) is 5.82 Å². The zero-order chi connectivity index (χ0) is 17.6. The zero-order valence-corrected chi connectivity index (χ0v) is 13.2. The van der Waals surface area contributed by atoms with Crippen molar-refractivity contribution in [3.8, 4) is 11.3 Å². The van der Waals surface area contributed by atoms with Gasteiger partial charge in [0, 0.05) is 30.4 Å². The van der Waals surface area contributed by atoms with Gasteiger partial charge in [0.2, 0.25) is 5.56 Å². The van der Waals surface area contributed by atoms with Crippen LogP contribution in [0.2, 0.25) is 0 Å². The molecular weight excluding hydrogens is 327 g/mol. The van der Waals surface area contributed by atoms with Gasteiger partial charge in [-0.15, -0.1) is 0 Å². The van der Waals surface area contributed by atoms with E-state index in [9.17, 15) is 14.0 Å². The van der Waals surface area contributed by atoms with Gasteiger partial charge in [-0.3, -0.25) is 4.79 Å². The molecule has 0 unspecified atom stereocenters. The molecule has 1 aromatic carbocycles. The lowest BCUT2D eigenvalue weighted by Crippen LogP contribution is -2.19. The molecule has 0 amide bonds. The Labute approximate surface area is 142 Å². The largest absolute Gasteiger partial charge is 0.461 e. The molecule has 0 atom stereocenters. The maximum absolute atomic E-state index is 12.9. The van der Waals surface area contributed by atoms with Gasteiger partial charge in [-0.1, -0.05) is 11.2 Å². The number of ether oxygens (including phenoxy) is 1. The predicted octanol–water partition coefficient (Wildman–Crippen LogP) is 2.89. The summed E-state index contributed by atoms with van der Waals surface area (Å²) in [6, 6.07) is 12.0. The van der Waals surface area contributed by atoms with Crippen molar-refractivity contribution >= 4 is 5.97 Å². The molecule has 128 valence electrons. The molecule has 0 spiro atoms. The number of pyridine rings is 1. The van der Waals surface area contributed by atoms with Crippen molar-refractivity contribution in [3.05, 3.63) is 76.6 Å². The lowest BCUT2D eigenvalue weighted by molar-refractivity contribution is 0.0484. The van der Waals surface area contributed by atoms with E-state index in [-0.39, 0.29) is 23.7 Å². The molecule has 3 rings (SSSR count). The fourth-order valence-corrected chi connectivity index (χ4v) is 2.24. The fraction of sp³-hybridized carbons (Fsp3) is 0.167. The monoisotopic (exact) mass is 342 g/mol. The Kier molecular flexibility index (Phi) is 5.03. The highest BCUT2D eigenvalue weighted by molar-refractivity contribution is 5.88. The van der Waals surface area contributed by atoms with E-state index in [1.807, 2.05) is 0 Å². The van der Waals surface area contributed by atoms with Gasteiger partial charge in [-0.05, 0) is 36.8 Å². The first-order chi connectivity index (χ1) is 12.1. The standard InChI is InChI=1S/C18H15FN2O4/c19-14-7-5-13(6-8-14)16-12-15(20-25-16)18(23)24-11-3-10-21-9-2-1-4-17(21)22/h1-2,4-9,12H,3,10-11H2. The van der Waals surface area contributed by atoms with E-state index in [4.69, 9.17) is 9.26 Å². The molecule has 7 heteroatoms. The van der Waals surface area contributed by atoms with Crippen molar-refractivity contribution in [2.75, 3.05) is 6.61 Å². The number of hydrogen-bond acceptors (Lipinski definition) is 5. The van der Waals surface area contributed by atoms with Crippen LogP contribution in [0.3, 0.4) is 0 Å². The first-order valence-electron chi connectivity index (χ1n) is 7.69. The summed E-state index contributed by atoms with van der Waals surface area (Å²) in [6.07, 6.45) is 2.18. The third kappa shape index (κ3) is 4.20. The number of rotatable bonds is 6. The molecule has 2 aromatic heterocycles. The van der Waals surface area contributed by atoms with Crippen LogP contribution in [0.1, 0.15) is 16.9 Å². The van der Waals surface area contributed by atoms with Crippen LogP contribution >= 0.6 is 0 Å². The minimum Gasteiger partial charge on any atom is -0.461 e. The summed E-state index contributed by atoms with van der Waals surface area (Å²) in [4.78, 5) is 23.5. The second-order valence-electron chi connectivity index (χ2n) is 5.31. The van der Waals surface area contributed by atoms with Gasteiger partial charge in [0.25, 0.3) is 0 Å². The molecule has 0 aliphatic heterocycles. The molecule has 6 nitrogen and oxygen atoms in total. The number of carbonyl (C=O) groups is 1. The Hall–Kier alpha value is -3.22. The molecule has 0 aliphatic rings. The zero-order valence-electron chi connectivity index (χ0n) is 13.2. The van der Waals surface area contributed by atoms with Crippen molar-refractivity contribution in [1.82, 2.24) is 9.72 Å². The number of halogens is 1. The fourth-order valence-electron chi connectivity index (χ4n) is 2.24. The number of benzene rings is 1. The summed E-state index contributed by atoms with van der Waals surface area (Å²) in [5.74, 6) is -0.624. The lowest BCUT2D eigenvalue weighted by atomic mass is 10.1. The van der Waals surface area contributed by atoms with Gasteiger partial charge < -0.3 is 13.8 Å². The number of aryl methyl sites for hydroxylation is 1. The Morgan fingerprint density at radius 1 is 1.20 bits per heavy atom. The van der Waals surface area contributed by atoms with E-state index in [1.165, 1.54) is 41.0 Å². The van der Waals surface area contributed by atoms with Crippen LogP contribution < -0.4 is 5.56 Å². The smallest absolute Gasteiger partial charge is 0.360 e. The number of esters is 1. The van der Waals surface area contributed by atoms with Crippen LogP contribution in [0.15, 0.2) is 64.0 Å². The van der Waals surface area contributed by atoms with E-state index in [0.29, 0.717) is 24.3 Å². The maximum atomic E-state index is 12.9. The summed E-state index contributed by atoms with van der Waals surface area (Å²) in [7, 11) is 0. The quantitative estimate of drug-likeness (QED) is 0.509. The third-order valence-corrected chi connectivity index (χ3v) is 3.52. The molecule has 0 saturated heterocycles. The van der Waals surface area contributed by atoms with Crippen LogP contribution in [0.5, 0.6) is 0 Å². The van der Waals surface area contributed by atoms with Gasteiger partial charge in [-0.25, -0.2) is 9.18 Å². The summed E-state index contributed by atoms with van der Waals surface area (Å²) in [5, 5.41) is 3.67. The number of carbonyl (C=O) groups excluding carboxylic acids is 1. The van der Waals surface area contributed by atoms with E-state index in [2.05, 4.69) is 5.16 Å². The highest BCUT2D eigenvalue weighted by Crippen LogP contribution is 2.20. The average Bonchev–Trinajstić information content (AvgIpc) is 3.11. The number of nitrogens with zero attached hydrogens (tertiary/aromatic N) is 2. The normalized spacial score (nSPS) is 10.6. The van der Waals surface area contributed by atoms with E-state index in [1.54, 1.807) is 18.3 Å². The first kappa shape index (κ1) is 16.6. The molecule has 25 heavy (non-hydrogen) atoms.